The lowest BCUT2D eigenvalue weighted by atomic mass is 9.67. The van der Waals surface area contributed by atoms with Gasteiger partial charge in [0.1, 0.15) is 0 Å². The van der Waals surface area contributed by atoms with Crippen LogP contribution in [0, 0.1) is 17.8 Å². The molecule has 1 aliphatic carbocycles. The van der Waals surface area contributed by atoms with Gasteiger partial charge in [-0.2, -0.15) is 13.2 Å². The first-order valence-electron chi connectivity index (χ1n) is 11.9. The van der Waals surface area contributed by atoms with Crippen molar-refractivity contribution in [3.63, 3.8) is 0 Å². The lowest BCUT2D eigenvalue weighted by Gasteiger charge is -2.41. The Morgan fingerprint density at radius 1 is 1.08 bits per heavy atom. The van der Waals surface area contributed by atoms with E-state index in [9.17, 15) is 36.3 Å². The van der Waals surface area contributed by atoms with Crippen LogP contribution in [-0.4, -0.2) is 41.7 Å². The molecule has 0 aromatic heterocycles. The summed E-state index contributed by atoms with van der Waals surface area (Å²) in [5.41, 5.74) is 7.29. The Bertz CT molecular complexity index is 1240. The number of hydrogen-bond acceptors (Lipinski definition) is 4. The summed E-state index contributed by atoms with van der Waals surface area (Å²) in [6, 6.07) is 15.5. The normalized spacial score (nSPS) is 20.6. The van der Waals surface area contributed by atoms with E-state index in [1.165, 1.54) is 0 Å². The van der Waals surface area contributed by atoms with Gasteiger partial charge in [0.15, 0.2) is 0 Å². The summed E-state index contributed by atoms with van der Waals surface area (Å²) in [5, 5.41) is 4.98. The van der Waals surface area contributed by atoms with Crippen LogP contribution in [0.1, 0.15) is 36.8 Å². The SMILES string of the molecule is NC(=O)C(C1CC(F)(F)C1)C(CCC(F)(F)F)C(=O)NC1N=C(c2ccccc2)c2ccccc2NC1=O. The van der Waals surface area contributed by atoms with Crippen LogP contribution in [0.25, 0.3) is 0 Å². The Balaban J connectivity index is 1.67. The summed E-state index contributed by atoms with van der Waals surface area (Å²) in [6.45, 7) is 0. The van der Waals surface area contributed by atoms with Gasteiger partial charge >= 0.3 is 6.18 Å². The molecule has 0 spiro atoms. The number of fused-ring (bicyclic) bond motifs is 1. The highest BCUT2D eigenvalue weighted by Gasteiger charge is 2.53. The number of carbonyl (C=O) groups is 3. The van der Waals surface area contributed by atoms with E-state index in [1.807, 2.05) is 0 Å². The zero-order chi connectivity index (χ0) is 27.7. The first-order chi connectivity index (χ1) is 17.8. The number of amides is 3. The van der Waals surface area contributed by atoms with Gasteiger partial charge in [-0.3, -0.25) is 14.4 Å². The third kappa shape index (κ3) is 6.17. The van der Waals surface area contributed by atoms with Crippen LogP contribution >= 0.6 is 0 Å². The highest BCUT2D eigenvalue weighted by Crippen LogP contribution is 2.49. The van der Waals surface area contributed by atoms with Crippen LogP contribution in [0.5, 0.6) is 0 Å². The number of hydrogen-bond donors (Lipinski definition) is 3. The van der Waals surface area contributed by atoms with Crippen LogP contribution in [-0.2, 0) is 14.4 Å². The van der Waals surface area contributed by atoms with Gasteiger partial charge < -0.3 is 16.4 Å². The average Bonchev–Trinajstić information content (AvgIpc) is 2.96. The number of alkyl halides is 5. The second-order valence-corrected chi connectivity index (χ2v) is 9.50. The number of halogens is 5. The molecule has 0 bridgehead atoms. The van der Waals surface area contributed by atoms with Gasteiger partial charge in [-0.25, -0.2) is 13.8 Å². The number of benzene rings is 2. The third-order valence-corrected chi connectivity index (χ3v) is 6.74. The van der Waals surface area contributed by atoms with Gasteiger partial charge in [0.2, 0.25) is 23.9 Å². The molecule has 38 heavy (non-hydrogen) atoms. The number of nitrogens with zero attached hydrogens (tertiary/aromatic N) is 1. The topological polar surface area (TPSA) is 114 Å². The molecule has 2 aliphatic rings. The van der Waals surface area contributed by atoms with E-state index >= 15 is 0 Å². The number of anilines is 1. The lowest BCUT2D eigenvalue weighted by Crippen LogP contribution is -2.52. The Hall–Kier alpha value is -3.83. The van der Waals surface area contributed by atoms with E-state index < -0.39 is 79.4 Å². The van der Waals surface area contributed by atoms with Crippen molar-refractivity contribution in [2.24, 2.45) is 28.5 Å². The minimum absolute atomic E-state index is 0.335. The fourth-order valence-electron chi connectivity index (χ4n) is 4.94. The number of primary amides is 1. The zero-order valence-corrected chi connectivity index (χ0v) is 20.0. The van der Waals surface area contributed by atoms with Crippen molar-refractivity contribution in [1.29, 1.82) is 0 Å². The van der Waals surface area contributed by atoms with Crippen molar-refractivity contribution >= 4 is 29.1 Å². The first kappa shape index (κ1) is 27.2. The average molecular weight is 537 g/mol. The molecule has 1 heterocycles. The predicted octanol–water partition coefficient (Wildman–Crippen LogP) is 4.02. The summed E-state index contributed by atoms with van der Waals surface area (Å²) in [4.78, 5) is 43.0. The van der Waals surface area contributed by atoms with E-state index in [4.69, 9.17) is 5.73 Å². The summed E-state index contributed by atoms with van der Waals surface area (Å²) in [7, 11) is 0. The summed E-state index contributed by atoms with van der Waals surface area (Å²) >= 11 is 0. The van der Waals surface area contributed by atoms with Crippen LogP contribution in [0.2, 0.25) is 0 Å². The maximum absolute atomic E-state index is 13.6. The molecule has 7 nitrogen and oxygen atoms in total. The quantitative estimate of drug-likeness (QED) is 0.443. The molecule has 3 amide bonds. The third-order valence-electron chi connectivity index (χ3n) is 6.74. The molecule has 3 atom stereocenters. The molecule has 2 aromatic carbocycles. The molecular weight excluding hydrogens is 511 g/mol. The largest absolute Gasteiger partial charge is 0.389 e. The van der Waals surface area contributed by atoms with Crippen LogP contribution in [0.3, 0.4) is 0 Å². The highest BCUT2D eigenvalue weighted by molar-refractivity contribution is 6.19. The van der Waals surface area contributed by atoms with Crippen molar-refractivity contribution in [3.8, 4) is 0 Å². The van der Waals surface area contributed by atoms with Crippen molar-refractivity contribution < 1.29 is 36.3 Å². The second kappa shape index (κ2) is 10.5. The van der Waals surface area contributed by atoms with E-state index in [1.54, 1.807) is 54.6 Å². The van der Waals surface area contributed by atoms with Crippen molar-refractivity contribution in [3.05, 3.63) is 65.7 Å². The van der Waals surface area contributed by atoms with Gasteiger partial charge in [-0.05, 0) is 18.4 Å². The number of para-hydroxylation sites is 1. The molecule has 0 radical (unpaired) electrons. The van der Waals surface area contributed by atoms with E-state index in [-0.39, 0.29) is 0 Å². The van der Waals surface area contributed by atoms with Gasteiger partial charge in [0.25, 0.3) is 5.91 Å². The Morgan fingerprint density at radius 3 is 2.32 bits per heavy atom. The number of rotatable bonds is 8. The molecule has 1 aliphatic heterocycles. The zero-order valence-electron chi connectivity index (χ0n) is 20.0. The molecule has 1 saturated carbocycles. The molecule has 202 valence electrons. The summed E-state index contributed by atoms with van der Waals surface area (Å²) in [5.74, 6) is -10.4. The molecule has 4 N–H and O–H groups in total. The molecule has 3 unspecified atom stereocenters. The van der Waals surface area contributed by atoms with Crippen molar-refractivity contribution in [1.82, 2.24) is 5.32 Å². The fourth-order valence-corrected chi connectivity index (χ4v) is 4.94. The number of nitrogens with two attached hydrogens (primary N) is 1. The number of carbonyl (C=O) groups excluding carboxylic acids is 3. The Kier molecular flexibility index (Phi) is 7.52. The highest BCUT2D eigenvalue weighted by atomic mass is 19.4. The fraction of sp³-hybridized carbons (Fsp3) is 0.385. The number of nitrogens with one attached hydrogen (secondary N) is 2. The standard InChI is InChI=1S/C26H25F5N4O3/c27-25(28)12-15(13-25)19(21(32)36)17(10-11-26(29,30)31)23(37)35-22-24(38)33-18-9-5-4-8-16(18)20(34-22)14-6-2-1-3-7-14/h1-9,15,17,19,22H,10-13H2,(H2,32,36)(H,33,38)(H,35,37). The Labute approximate surface area is 214 Å². The molecule has 0 saturated heterocycles. The van der Waals surface area contributed by atoms with Crippen LogP contribution in [0.15, 0.2) is 59.6 Å². The smallest absolute Gasteiger partial charge is 0.369 e. The monoisotopic (exact) mass is 536 g/mol. The van der Waals surface area contributed by atoms with Crippen LogP contribution in [0.4, 0.5) is 27.6 Å². The van der Waals surface area contributed by atoms with E-state index in [0.717, 1.165) is 0 Å². The van der Waals surface area contributed by atoms with Gasteiger partial charge in [0.05, 0.1) is 23.2 Å². The van der Waals surface area contributed by atoms with E-state index in [2.05, 4.69) is 15.6 Å². The maximum atomic E-state index is 13.6. The van der Waals surface area contributed by atoms with Gasteiger partial charge in [-0.15, -0.1) is 0 Å². The van der Waals surface area contributed by atoms with Gasteiger partial charge in [0, 0.05) is 30.4 Å². The number of aliphatic imine (C=N–C) groups is 1. The molecule has 1 fully saturated rings. The lowest BCUT2D eigenvalue weighted by molar-refractivity contribution is -0.161. The Morgan fingerprint density at radius 2 is 1.71 bits per heavy atom. The summed E-state index contributed by atoms with van der Waals surface area (Å²) < 4.78 is 66.3. The maximum Gasteiger partial charge on any atom is 0.389 e. The van der Waals surface area contributed by atoms with Crippen molar-refractivity contribution in [2.75, 3.05) is 5.32 Å². The van der Waals surface area contributed by atoms with Gasteiger partial charge in [-0.1, -0.05) is 48.5 Å². The first-order valence-corrected chi connectivity index (χ1v) is 11.9. The second-order valence-electron chi connectivity index (χ2n) is 9.50. The van der Waals surface area contributed by atoms with E-state index in [0.29, 0.717) is 22.5 Å². The minimum Gasteiger partial charge on any atom is -0.369 e. The predicted molar refractivity (Wildman–Crippen MR) is 128 cm³/mol. The minimum atomic E-state index is -4.68. The van der Waals surface area contributed by atoms with Crippen molar-refractivity contribution in [2.45, 2.75) is 43.9 Å². The van der Waals surface area contributed by atoms with Crippen LogP contribution < -0.4 is 16.4 Å². The number of benzodiazepines with no additional fused rings is 1. The summed E-state index contributed by atoms with van der Waals surface area (Å²) in [6.07, 6.45) is -10.1. The molecule has 12 heteroatoms. The molecule has 2 aromatic rings. The molecular formula is C26H25F5N4O3. The molecule has 4 rings (SSSR count).